The largest absolute Gasteiger partial charge is 0.330 e. The average Bonchev–Trinajstić information content (AvgIpc) is 2.12. The minimum absolute atomic E-state index is 0.0425. The molecule has 0 aromatic heterocycles. The molecule has 0 aliphatic carbocycles. The highest BCUT2D eigenvalue weighted by Crippen LogP contribution is 2.05. The smallest absolute Gasteiger partial charge is 0.240 e. The summed E-state index contributed by atoms with van der Waals surface area (Å²) in [5, 5.41) is 0. The molecule has 0 radical (unpaired) electrons. The summed E-state index contributed by atoms with van der Waals surface area (Å²) in [4.78, 5) is 13.3. The van der Waals surface area contributed by atoms with E-state index in [4.69, 9.17) is 12.2 Å². The van der Waals surface area contributed by atoms with Gasteiger partial charge in [0.1, 0.15) is 0 Å². The number of amides is 1. The van der Waals surface area contributed by atoms with E-state index in [1.165, 1.54) is 0 Å². The Labute approximate surface area is 86.6 Å². The molecule has 0 saturated heterocycles. The van der Waals surface area contributed by atoms with E-state index in [0.29, 0.717) is 25.4 Å². The maximum atomic E-state index is 11.7. The minimum Gasteiger partial charge on any atom is -0.330 e. The molecule has 0 heterocycles. The number of terminal acetylenes is 1. The maximum Gasteiger partial charge on any atom is 0.240 e. The molecule has 0 aromatic rings. The van der Waals surface area contributed by atoms with Crippen molar-refractivity contribution in [3.63, 3.8) is 0 Å². The fourth-order valence-electron chi connectivity index (χ4n) is 1.30. The Hall–Kier alpha value is -1.01. The fraction of sp³-hybridized carbons (Fsp3) is 0.727. The molecule has 0 aliphatic heterocycles. The number of nitrogens with zero attached hydrogens (tertiary/aromatic N) is 1. The summed E-state index contributed by atoms with van der Waals surface area (Å²) in [7, 11) is 0. The zero-order chi connectivity index (χ0) is 11.1. The van der Waals surface area contributed by atoms with Gasteiger partial charge in [-0.1, -0.05) is 19.8 Å². The molecular weight excluding hydrogens is 176 g/mol. The molecule has 1 atom stereocenters. The van der Waals surface area contributed by atoms with Crippen LogP contribution in [0.1, 0.15) is 27.2 Å². The highest BCUT2D eigenvalue weighted by molar-refractivity contribution is 5.81. The van der Waals surface area contributed by atoms with E-state index >= 15 is 0 Å². The molecule has 0 bridgehead atoms. The van der Waals surface area contributed by atoms with Gasteiger partial charge in [0.25, 0.3) is 0 Å². The van der Waals surface area contributed by atoms with E-state index in [-0.39, 0.29) is 5.91 Å². The number of nitrogens with two attached hydrogens (primary N) is 1. The molecule has 1 amide bonds. The molecule has 0 aliphatic rings. The van der Waals surface area contributed by atoms with Crippen molar-refractivity contribution < 1.29 is 4.79 Å². The van der Waals surface area contributed by atoms with E-state index in [2.05, 4.69) is 5.92 Å². The second kappa shape index (κ2) is 6.44. The number of hydrogen-bond donors (Lipinski definition) is 1. The number of rotatable bonds is 5. The lowest BCUT2D eigenvalue weighted by Crippen LogP contribution is -2.44. The Kier molecular flexibility index (Phi) is 5.98. The van der Waals surface area contributed by atoms with Gasteiger partial charge in [0.15, 0.2) is 0 Å². The predicted molar refractivity (Wildman–Crippen MR) is 58.5 cm³/mol. The van der Waals surface area contributed by atoms with Gasteiger partial charge >= 0.3 is 0 Å². The van der Waals surface area contributed by atoms with E-state index in [1.54, 1.807) is 4.90 Å². The van der Waals surface area contributed by atoms with Gasteiger partial charge in [0, 0.05) is 6.54 Å². The highest BCUT2D eigenvalue weighted by atomic mass is 16.2. The third-order valence-corrected chi connectivity index (χ3v) is 2.02. The molecule has 0 spiro atoms. The van der Waals surface area contributed by atoms with Crippen LogP contribution in [0, 0.1) is 18.3 Å². The molecule has 3 nitrogen and oxygen atoms in total. The molecular formula is C11H20N2O. The Morgan fingerprint density at radius 1 is 1.57 bits per heavy atom. The van der Waals surface area contributed by atoms with Crippen LogP contribution >= 0.6 is 0 Å². The number of carbonyl (C=O) groups excluding carboxylic acids is 1. The summed E-state index contributed by atoms with van der Waals surface area (Å²) in [5.74, 6) is 2.84. The summed E-state index contributed by atoms with van der Waals surface area (Å²) < 4.78 is 0. The summed E-state index contributed by atoms with van der Waals surface area (Å²) in [6.45, 7) is 6.96. The Bertz CT molecular complexity index is 218. The van der Waals surface area contributed by atoms with Crippen LogP contribution in [0.3, 0.4) is 0 Å². The second-order valence-electron chi connectivity index (χ2n) is 3.79. The Morgan fingerprint density at radius 2 is 2.14 bits per heavy atom. The minimum atomic E-state index is -0.414. The van der Waals surface area contributed by atoms with Crippen molar-refractivity contribution in [3.05, 3.63) is 0 Å². The zero-order valence-corrected chi connectivity index (χ0v) is 9.29. The summed E-state index contributed by atoms with van der Waals surface area (Å²) in [6.07, 6.45) is 5.87. The SMILES string of the molecule is C#CCN(CC)C(=O)[C@H](N)CC(C)C. The topological polar surface area (TPSA) is 46.3 Å². The first-order valence-electron chi connectivity index (χ1n) is 5.00. The van der Waals surface area contributed by atoms with Crippen LogP contribution in [0.2, 0.25) is 0 Å². The molecule has 0 fully saturated rings. The molecule has 14 heavy (non-hydrogen) atoms. The van der Waals surface area contributed by atoms with E-state index in [9.17, 15) is 4.79 Å². The van der Waals surface area contributed by atoms with Gasteiger partial charge in [-0.05, 0) is 19.3 Å². The van der Waals surface area contributed by atoms with Crippen LogP contribution in [0.4, 0.5) is 0 Å². The van der Waals surface area contributed by atoms with Crippen molar-refractivity contribution >= 4 is 5.91 Å². The van der Waals surface area contributed by atoms with Crippen LogP contribution in [0.15, 0.2) is 0 Å². The van der Waals surface area contributed by atoms with Gasteiger partial charge < -0.3 is 10.6 Å². The van der Waals surface area contributed by atoms with Crippen LogP contribution in [0.5, 0.6) is 0 Å². The van der Waals surface area contributed by atoms with Gasteiger partial charge in [-0.25, -0.2) is 0 Å². The standard InChI is InChI=1S/C11H20N2O/c1-5-7-13(6-2)11(14)10(12)8-9(3)4/h1,9-10H,6-8,12H2,2-4H3/t10-/m1/s1. The molecule has 0 unspecified atom stereocenters. The lowest BCUT2D eigenvalue weighted by Gasteiger charge is -2.23. The van der Waals surface area contributed by atoms with Gasteiger partial charge in [-0.15, -0.1) is 6.42 Å². The van der Waals surface area contributed by atoms with Gasteiger partial charge in [0.2, 0.25) is 5.91 Å². The van der Waals surface area contributed by atoms with Gasteiger partial charge in [0.05, 0.1) is 12.6 Å². The average molecular weight is 196 g/mol. The van der Waals surface area contributed by atoms with Crippen molar-refractivity contribution in [1.82, 2.24) is 4.90 Å². The first kappa shape index (κ1) is 13.0. The van der Waals surface area contributed by atoms with Crippen LogP contribution < -0.4 is 5.73 Å². The van der Waals surface area contributed by atoms with E-state index in [0.717, 1.165) is 0 Å². The molecule has 0 saturated carbocycles. The maximum absolute atomic E-state index is 11.7. The predicted octanol–water partition coefficient (Wildman–Crippen LogP) is 0.841. The van der Waals surface area contributed by atoms with Crippen LogP contribution in [-0.2, 0) is 4.79 Å². The Morgan fingerprint density at radius 3 is 2.50 bits per heavy atom. The quantitative estimate of drug-likeness (QED) is 0.662. The summed E-state index contributed by atoms with van der Waals surface area (Å²) in [6, 6.07) is -0.414. The Balaban J connectivity index is 4.21. The van der Waals surface area contributed by atoms with E-state index in [1.807, 2.05) is 20.8 Å². The van der Waals surface area contributed by atoms with Crippen LogP contribution in [-0.4, -0.2) is 29.9 Å². The third-order valence-electron chi connectivity index (χ3n) is 2.02. The molecule has 3 heteroatoms. The number of carbonyl (C=O) groups is 1. The van der Waals surface area contributed by atoms with Crippen molar-refractivity contribution in [2.45, 2.75) is 33.2 Å². The second-order valence-corrected chi connectivity index (χ2v) is 3.79. The number of likely N-dealkylation sites (N-methyl/N-ethyl adjacent to an activating group) is 1. The van der Waals surface area contributed by atoms with E-state index < -0.39 is 6.04 Å². The van der Waals surface area contributed by atoms with Crippen molar-refractivity contribution in [1.29, 1.82) is 0 Å². The van der Waals surface area contributed by atoms with Gasteiger partial charge in [-0.2, -0.15) is 0 Å². The number of hydrogen-bond acceptors (Lipinski definition) is 2. The first-order chi connectivity index (χ1) is 6.52. The summed E-state index contributed by atoms with van der Waals surface area (Å²) in [5.41, 5.74) is 5.77. The molecule has 80 valence electrons. The lowest BCUT2D eigenvalue weighted by atomic mass is 10.0. The van der Waals surface area contributed by atoms with Crippen molar-refractivity contribution in [3.8, 4) is 12.3 Å². The molecule has 0 aromatic carbocycles. The normalized spacial score (nSPS) is 12.3. The zero-order valence-electron chi connectivity index (χ0n) is 9.29. The summed E-state index contributed by atoms with van der Waals surface area (Å²) >= 11 is 0. The molecule has 0 rings (SSSR count). The highest BCUT2D eigenvalue weighted by Gasteiger charge is 2.19. The van der Waals surface area contributed by atoms with Crippen molar-refractivity contribution in [2.75, 3.05) is 13.1 Å². The van der Waals surface area contributed by atoms with Crippen LogP contribution in [0.25, 0.3) is 0 Å². The van der Waals surface area contributed by atoms with Crippen molar-refractivity contribution in [2.24, 2.45) is 11.7 Å². The third kappa shape index (κ3) is 4.29. The lowest BCUT2D eigenvalue weighted by molar-refractivity contribution is -0.132. The fourth-order valence-corrected chi connectivity index (χ4v) is 1.30. The monoisotopic (exact) mass is 196 g/mol. The molecule has 2 N–H and O–H groups in total. The van der Waals surface area contributed by atoms with Gasteiger partial charge in [-0.3, -0.25) is 4.79 Å². The first-order valence-corrected chi connectivity index (χ1v) is 5.00.